The Hall–Kier alpha value is -3.19. The molecule has 3 fully saturated rings. The predicted molar refractivity (Wildman–Crippen MR) is 104 cm³/mol. The van der Waals surface area contributed by atoms with Crippen LogP contribution >= 0.6 is 0 Å². The van der Waals surface area contributed by atoms with Gasteiger partial charge in [0.1, 0.15) is 0 Å². The van der Waals surface area contributed by atoms with Crippen molar-refractivity contribution in [2.75, 3.05) is 6.61 Å². The highest BCUT2D eigenvalue weighted by Crippen LogP contribution is 2.63. The Bertz CT molecular complexity index is 979. The minimum Gasteiger partial charge on any atom is -0.449 e. The van der Waals surface area contributed by atoms with Crippen molar-refractivity contribution in [1.29, 1.82) is 0 Å². The first-order chi connectivity index (χ1) is 14.2. The molecule has 0 radical (unpaired) electrons. The van der Waals surface area contributed by atoms with Gasteiger partial charge >= 0.3 is 6.09 Å². The zero-order chi connectivity index (χ0) is 20.0. The van der Waals surface area contributed by atoms with Crippen molar-refractivity contribution < 1.29 is 19.1 Å². The summed E-state index contributed by atoms with van der Waals surface area (Å²) in [4.78, 5) is 38.1. The number of cyclic esters (lactones) is 1. The molecule has 4 atom stereocenters. The number of aldehydes is 1. The maximum Gasteiger partial charge on any atom is 0.411 e. The molecule has 3 aliphatic rings. The van der Waals surface area contributed by atoms with Crippen molar-refractivity contribution in [1.82, 2.24) is 15.3 Å². The van der Waals surface area contributed by atoms with Gasteiger partial charge in [-0.25, -0.2) is 4.79 Å². The average Bonchev–Trinajstić information content (AvgIpc) is 3.62. The van der Waals surface area contributed by atoms with Crippen LogP contribution in [0.5, 0.6) is 0 Å². The molecule has 3 aliphatic heterocycles. The van der Waals surface area contributed by atoms with E-state index in [0.717, 1.165) is 19.3 Å². The first kappa shape index (κ1) is 17.9. The van der Waals surface area contributed by atoms with Gasteiger partial charge in [-0.05, 0) is 24.5 Å². The fourth-order valence-corrected chi connectivity index (χ4v) is 4.74. The highest BCUT2D eigenvalue weighted by atomic mass is 16.6. The van der Waals surface area contributed by atoms with Gasteiger partial charge in [-0.2, -0.15) is 5.01 Å². The molecule has 3 heterocycles. The van der Waals surface area contributed by atoms with E-state index in [1.807, 2.05) is 23.2 Å². The molecule has 29 heavy (non-hydrogen) atoms. The summed E-state index contributed by atoms with van der Waals surface area (Å²) in [5.41, 5.74) is 4.34. The van der Waals surface area contributed by atoms with Gasteiger partial charge in [0.25, 0.3) is 5.91 Å². The van der Waals surface area contributed by atoms with Gasteiger partial charge in [0.15, 0.2) is 11.9 Å². The molecule has 2 aromatic rings. The second-order valence-corrected chi connectivity index (χ2v) is 7.63. The maximum atomic E-state index is 12.9. The Kier molecular flexibility index (Phi) is 4.13. The van der Waals surface area contributed by atoms with E-state index in [9.17, 15) is 14.4 Å². The number of nitrogens with zero attached hydrogens (tertiary/aromatic N) is 2. The zero-order valence-corrected chi connectivity index (χ0v) is 15.8. The van der Waals surface area contributed by atoms with Gasteiger partial charge in [-0.3, -0.25) is 19.9 Å². The molecule has 148 valence electrons. The van der Waals surface area contributed by atoms with Crippen molar-refractivity contribution in [3.8, 4) is 0 Å². The number of carbonyl (C=O) groups is 3. The number of nitrogens with one attached hydrogen (secondary N) is 1. The standard InChI is InChI=1S/C22H21N3O4/c26-14-16-8-4-5-9-17(16)20(27)23-25-19(11-10-15-6-2-1-3-7-15)22(25)18-12-13-29-21(28)24(18)22/h1-9,14,18-19H,10-13H2,(H,23,27)/t18?,19-,22+,24?,25?/m0/s1. The molecule has 2 amide bonds. The fourth-order valence-electron chi connectivity index (χ4n) is 4.74. The molecule has 2 aromatic carbocycles. The molecule has 2 unspecified atom stereocenters. The van der Waals surface area contributed by atoms with Gasteiger partial charge in [-0.1, -0.05) is 48.5 Å². The van der Waals surface area contributed by atoms with E-state index in [4.69, 9.17) is 4.74 Å². The van der Waals surface area contributed by atoms with Crippen LogP contribution in [0.25, 0.3) is 0 Å². The van der Waals surface area contributed by atoms with E-state index >= 15 is 0 Å². The molecule has 7 nitrogen and oxygen atoms in total. The number of hydrazine groups is 1. The highest BCUT2D eigenvalue weighted by molar-refractivity contribution is 6.01. The third kappa shape index (κ3) is 2.73. The van der Waals surface area contributed by atoms with Crippen molar-refractivity contribution in [2.24, 2.45) is 0 Å². The minimum absolute atomic E-state index is 0.0192. The van der Waals surface area contributed by atoms with Crippen molar-refractivity contribution in [2.45, 2.75) is 37.0 Å². The number of fused-ring (bicyclic) bond motifs is 3. The lowest BCUT2D eigenvalue weighted by atomic mass is 10.1. The van der Waals surface area contributed by atoms with Crippen LogP contribution < -0.4 is 5.43 Å². The number of hydrogen-bond acceptors (Lipinski definition) is 5. The molecule has 1 spiro atoms. The zero-order valence-electron chi connectivity index (χ0n) is 15.8. The van der Waals surface area contributed by atoms with Crippen LogP contribution in [-0.2, 0) is 11.2 Å². The Morgan fingerprint density at radius 2 is 1.93 bits per heavy atom. The number of ether oxygens (including phenoxy) is 1. The molecular formula is C22H21N3O4. The Labute approximate surface area is 168 Å². The lowest BCUT2D eigenvalue weighted by molar-refractivity contribution is 0.0861. The third-order valence-corrected chi connectivity index (χ3v) is 6.16. The van der Waals surface area contributed by atoms with Crippen LogP contribution in [0.2, 0.25) is 0 Å². The van der Waals surface area contributed by atoms with Crippen LogP contribution in [0.3, 0.4) is 0 Å². The predicted octanol–water partition coefficient (Wildman–Crippen LogP) is 2.38. The third-order valence-electron chi connectivity index (χ3n) is 6.16. The summed E-state index contributed by atoms with van der Waals surface area (Å²) in [5.74, 6) is -0.340. The minimum atomic E-state index is -0.492. The van der Waals surface area contributed by atoms with Gasteiger partial charge in [0.05, 0.1) is 24.3 Å². The molecule has 0 bridgehead atoms. The summed E-state index contributed by atoms with van der Waals surface area (Å²) < 4.78 is 5.19. The Morgan fingerprint density at radius 3 is 2.69 bits per heavy atom. The number of carbonyl (C=O) groups excluding carboxylic acids is 3. The van der Waals surface area contributed by atoms with E-state index < -0.39 is 5.66 Å². The first-order valence-corrected chi connectivity index (χ1v) is 9.82. The van der Waals surface area contributed by atoms with E-state index in [2.05, 4.69) is 17.6 Å². The van der Waals surface area contributed by atoms with Crippen LogP contribution in [0.1, 0.15) is 39.1 Å². The number of rotatable bonds is 6. The van der Waals surface area contributed by atoms with Crippen molar-refractivity contribution >= 4 is 18.3 Å². The van der Waals surface area contributed by atoms with Gasteiger partial charge in [-0.15, -0.1) is 0 Å². The monoisotopic (exact) mass is 391 g/mol. The fraction of sp³-hybridized carbons (Fsp3) is 0.318. The molecular weight excluding hydrogens is 370 g/mol. The summed E-state index contributed by atoms with van der Waals surface area (Å²) in [6.45, 7) is 0.406. The van der Waals surface area contributed by atoms with Gasteiger partial charge in [0, 0.05) is 12.0 Å². The number of hydrogen-bond donors (Lipinski definition) is 1. The number of amides is 2. The number of aryl methyl sites for hydroxylation is 1. The molecule has 0 saturated carbocycles. The lowest BCUT2D eigenvalue weighted by Gasteiger charge is -2.10. The van der Waals surface area contributed by atoms with Crippen LogP contribution in [0.4, 0.5) is 4.79 Å². The smallest absolute Gasteiger partial charge is 0.411 e. The highest BCUT2D eigenvalue weighted by Gasteiger charge is 2.86. The molecule has 7 heteroatoms. The summed E-state index contributed by atoms with van der Waals surface area (Å²) in [6.07, 6.45) is 2.76. The maximum absolute atomic E-state index is 12.9. The largest absolute Gasteiger partial charge is 0.449 e. The summed E-state index contributed by atoms with van der Waals surface area (Å²) in [5, 5.41) is 1.87. The summed E-state index contributed by atoms with van der Waals surface area (Å²) >= 11 is 0. The van der Waals surface area contributed by atoms with E-state index in [0.29, 0.717) is 24.0 Å². The lowest BCUT2D eigenvalue weighted by Crippen LogP contribution is -2.33. The summed E-state index contributed by atoms with van der Waals surface area (Å²) in [7, 11) is 0. The molecule has 5 rings (SSSR count). The van der Waals surface area contributed by atoms with Crippen LogP contribution in [0, 0.1) is 0 Å². The van der Waals surface area contributed by atoms with Gasteiger partial charge in [0.2, 0.25) is 0 Å². The van der Waals surface area contributed by atoms with Crippen LogP contribution in [0.15, 0.2) is 54.6 Å². The van der Waals surface area contributed by atoms with E-state index in [1.54, 1.807) is 29.2 Å². The second kappa shape index (κ2) is 6.70. The topological polar surface area (TPSA) is 78.5 Å². The number of benzene rings is 2. The average molecular weight is 391 g/mol. The first-order valence-electron chi connectivity index (χ1n) is 9.82. The molecule has 3 saturated heterocycles. The normalized spacial score (nSPS) is 29.0. The van der Waals surface area contributed by atoms with Crippen molar-refractivity contribution in [3.05, 3.63) is 71.3 Å². The van der Waals surface area contributed by atoms with Gasteiger partial charge < -0.3 is 4.74 Å². The quantitative estimate of drug-likeness (QED) is 0.604. The Balaban J connectivity index is 1.36. The molecule has 1 N–H and O–H groups in total. The SMILES string of the molecule is O=Cc1ccccc1C(=O)NN1[C@@H](CCc2ccccc2)[C@@]12C1CCOC(=O)N12. The Morgan fingerprint density at radius 1 is 1.17 bits per heavy atom. The molecule has 0 aromatic heterocycles. The van der Waals surface area contributed by atoms with Crippen molar-refractivity contribution in [3.63, 3.8) is 0 Å². The second-order valence-electron chi connectivity index (χ2n) is 7.63. The summed E-state index contributed by atoms with van der Waals surface area (Å²) in [6, 6.07) is 16.9. The van der Waals surface area contributed by atoms with E-state index in [1.165, 1.54) is 5.56 Å². The van der Waals surface area contributed by atoms with Crippen LogP contribution in [-0.4, -0.2) is 52.5 Å². The van der Waals surface area contributed by atoms with E-state index in [-0.39, 0.29) is 24.1 Å². The molecule has 0 aliphatic carbocycles.